The standard InChI is InChI=1S/C15H21N3O2/c16-13-4-3-12(15(19)20)9-14(13)18-7-5-17(6-8-18)10-11-1-2-11/h3-4,9,11H,1-2,5-8,10,16H2,(H,19,20). The van der Waals surface area contributed by atoms with E-state index in [-0.39, 0.29) is 0 Å². The minimum Gasteiger partial charge on any atom is -0.478 e. The molecule has 1 saturated heterocycles. The zero-order valence-corrected chi connectivity index (χ0v) is 11.6. The maximum atomic E-state index is 11.1. The number of aromatic carboxylic acids is 1. The first-order chi connectivity index (χ1) is 9.63. The maximum Gasteiger partial charge on any atom is 0.335 e. The summed E-state index contributed by atoms with van der Waals surface area (Å²) in [5.41, 5.74) is 7.81. The predicted octanol–water partition coefficient (Wildman–Crippen LogP) is 1.50. The van der Waals surface area contributed by atoms with Crippen molar-refractivity contribution in [3.63, 3.8) is 0 Å². The van der Waals surface area contributed by atoms with Crippen LogP contribution in [0.25, 0.3) is 0 Å². The molecule has 0 amide bonds. The van der Waals surface area contributed by atoms with Gasteiger partial charge in [-0.25, -0.2) is 4.79 Å². The van der Waals surface area contributed by atoms with E-state index in [2.05, 4.69) is 9.80 Å². The van der Waals surface area contributed by atoms with Crippen LogP contribution >= 0.6 is 0 Å². The molecule has 0 radical (unpaired) electrons. The van der Waals surface area contributed by atoms with Gasteiger partial charge in [-0.3, -0.25) is 4.90 Å². The summed E-state index contributed by atoms with van der Waals surface area (Å²) in [7, 11) is 0. The van der Waals surface area contributed by atoms with E-state index in [1.165, 1.54) is 19.4 Å². The van der Waals surface area contributed by atoms with Gasteiger partial charge in [-0.05, 0) is 37.0 Å². The molecule has 5 heteroatoms. The molecule has 3 rings (SSSR count). The largest absolute Gasteiger partial charge is 0.478 e. The molecule has 108 valence electrons. The SMILES string of the molecule is Nc1ccc(C(=O)O)cc1N1CCN(CC2CC2)CC1. The van der Waals surface area contributed by atoms with Crippen LogP contribution in [0, 0.1) is 5.92 Å². The fourth-order valence-corrected chi connectivity index (χ4v) is 2.79. The number of anilines is 2. The second kappa shape index (κ2) is 5.32. The third-order valence-electron chi connectivity index (χ3n) is 4.20. The van der Waals surface area contributed by atoms with E-state index in [0.717, 1.165) is 37.8 Å². The van der Waals surface area contributed by atoms with E-state index in [1.807, 2.05) is 0 Å². The number of hydrogen-bond acceptors (Lipinski definition) is 4. The minimum absolute atomic E-state index is 0.301. The van der Waals surface area contributed by atoms with Gasteiger partial charge in [0.1, 0.15) is 0 Å². The number of nitrogens with two attached hydrogens (primary N) is 1. The quantitative estimate of drug-likeness (QED) is 0.815. The van der Waals surface area contributed by atoms with Gasteiger partial charge in [0.2, 0.25) is 0 Å². The average Bonchev–Trinajstić information content (AvgIpc) is 3.24. The van der Waals surface area contributed by atoms with Crippen molar-refractivity contribution in [2.75, 3.05) is 43.4 Å². The predicted molar refractivity (Wildman–Crippen MR) is 79.2 cm³/mol. The normalized spacial score (nSPS) is 20.1. The molecule has 1 heterocycles. The second-order valence-corrected chi connectivity index (χ2v) is 5.81. The van der Waals surface area contributed by atoms with E-state index in [1.54, 1.807) is 18.2 Å². The Bertz CT molecular complexity index is 506. The van der Waals surface area contributed by atoms with E-state index >= 15 is 0 Å². The lowest BCUT2D eigenvalue weighted by Gasteiger charge is -2.36. The van der Waals surface area contributed by atoms with Gasteiger partial charge < -0.3 is 15.7 Å². The van der Waals surface area contributed by atoms with Gasteiger partial charge in [-0.1, -0.05) is 0 Å². The lowest BCUT2D eigenvalue weighted by Crippen LogP contribution is -2.47. The molecule has 1 aromatic rings. The molecule has 1 saturated carbocycles. The highest BCUT2D eigenvalue weighted by molar-refractivity contribution is 5.90. The van der Waals surface area contributed by atoms with Crippen LogP contribution in [0.1, 0.15) is 23.2 Å². The van der Waals surface area contributed by atoms with Crippen molar-refractivity contribution in [3.8, 4) is 0 Å². The number of piperazine rings is 1. The number of hydrogen-bond donors (Lipinski definition) is 2. The van der Waals surface area contributed by atoms with Gasteiger partial charge in [-0.2, -0.15) is 0 Å². The summed E-state index contributed by atoms with van der Waals surface area (Å²) in [6, 6.07) is 4.94. The average molecular weight is 275 g/mol. The molecule has 3 N–H and O–H groups in total. The molecular weight excluding hydrogens is 254 g/mol. The second-order valence-electron chi connectivity index (χ2n) is 5.81. The fraction of sp³-hybridized carbons (Fsp3) is 0.533. The van der Waals surface area contributed by atoms with Crippen molar-refractivity contribution in [1.82, 2.24) is 4.90 Å². The number of nitrogen functional groups attached to an aromatic ring is 1. The van der Waals surface area contributed by atoms with E-state index in [4.69, 9.17) is 10.8 Å². The van der Waals surface area contributed by atoms with Crippen LogP contribution in [0.2, 0.25) is 0 Å². The third-order valence-corrected chi connectivity index (χ3v) is 4.20. The van der Waals surface area contributed by atoms with Crippen LogP contribution < -0.4 is 10.6 Å². The Hall–Kier alpha value is -1.75. The first-order valence-electron chi connectivity index (χ1n) is 7.23. The number of carboxylic acid groups (broad SMARTS) is 1. The molecule has 20 heavy (non-hydrogen) atoms. The van der Waals surface area contributed by atoms with Gasteiger partial charge >= 0.3 is 5.97 Å². The van der Waals surface area contributed by atoms with E-state index in [0.29, 0.717) is 11.3 Å². The summed E-state index contributed by atoms with van der Waals surface area (Å²) in [6.45, 7) is 5.12. The van der Waals surface area contributed by atoms with Crippen LogP contribution in [-0.4, -0.2) is 48.7 Å². The molecule has 2 fully saturated rings. The number of nitrogens with zero attached hydrogens (tertiary/aromatic N) is 2. The Morgan fingerprint density at radius 3 is 2.55 bits per heavy atom. The highest BCUT2D eigenvalue weighted by Gasteiger charge is 2.26. The highest BCUT2D eigenvalue weighted by Crippen LogP contribution is 2.31. The van der Waals surface area contributed by atoms with Crippen LogP contribution in [0.5, 0.6) is 0 Å². The molecule has 0 atom stereocenters. The van der Waals surface area contributed by atoms with Crippen molar-refractivity contribution in [2.24, 2.45) is 5.92 Å². The van der Waals surface area contributed by atoms with Crippen molar-refractivity contribution in [1.29, 1.82) is 0 Å². The molecule has 1 aliphatic carbocycles. The molecule has 0 unspecified atom stereocenters. The molecule has 0 bridgehead atoms. The molecule has 1 aliphatic heterocycles. The lowest BCUT2D eigenvalue weighted by atomic mass is 10.1. The summed E-state index contributed by atoms with van der Waals surface area (Å²) in [5, 5.41) is 9.08. The Kier molecular flexibility index (Phi) is 3.53. The number of benzene rings is 1. The van der Waals surface area contributed by atoms with Crippen LogP contribution in [-0.2, 0) is 0 Å². The molecule has 1 aromatic carbocycles. The molecule has 0 aromatic heterocycles. The number of rotatable bonds is 4. The van der Waals surface area contributed by atoms with Gasteiger partial charge in [0.25, 0.3) is 0 Å². The van der Waals surface area contributed by atoms with E-state index in [9.17, 15) is 4.79 Å². The summed E-state index contributed by atoms with van der Waals surface area (Å²) in [4.78, 5) is 15.8. The summed E-state index contributed by atoms with van der Waals surface area (Å²) in [5.74, 6) is 0.0144. The molecule has 5 nitrogen and oxygen atoms in total. The zero-order chi connectivity index (χ0) is 14.1. The van der Waals surface area contributed by atoms with E-state index < -0.39 is 5.97 Å². The maximum absolute atomic E-state index is 11.1. The van der Waals surface area contributed by atoms with Crippen LogP contribution in [0.3, 0.4) is 0 Å². The Labute approximate surface area is 119 Å². The number of carboxylic acids is 1. The molecular formula is C15H21N3O2. The number of carbonyl (C=O) groups is 1. The first kappa shape index (κ1) is 13.2. The summed E-state index contributed by atoms with van der Waals surface area (Å²) >= 11 is 0. The first-order valence-corrected chi connectivity index (χ1v) is 7.23. The van der Waals surface area contributed by atoms with Gasteiger partial charge in [0.05, 0.1) is 16.9 Å². The van der Waals surface area contributed by atoms with Gasteiger partial charge in [-0.15, -0.1) is 0 Å². The Balaban J connectivity index is 1.67. The lowest BCUT2D eigenvalue weighted by molar-refractivity contribution is 0.0697. The zero-order valence-electron chi connectivity index (χ0n) is 11.6. The minimum atomic E-state index is -0.904. The van der Waals surface area contributed by atoms with Crippen LogP contribution in [0.4, 0.5) is 11.4 Å². The van der Waals surface area contributed by atoms with Gasteiger partial charge in [0, 0.05) is 32.7 Å². The fourth-order valence-electron chi connectivity index (χ4n) is 2.79. The van der Waals surface area contributed by atoms with Crippen LogP contribution in [0.15, 0.2) is 18.2 Å². The molecule has 0 spiro atoms. The van der Waals surface area contributed by atoms with Crippen molar-refractivity contribution in [2.45, 2.75) is 12.8 Å². The monoisotopic (exact) mass is 275 g/mol. The molecule has 2 aliphatic rings. The smallest absolute Gasteiger partial charge is 0.335 e. The summed E-state index contributed by atoms with van der Waals surface area (Å²) in [6.07, 6.45) is 2.77. The summed E-state index contributed by atoms with van der Waals surface area (Å²) < 4.78 is 0. The van der Waals surface area contributed by atoms with Gasteiger partial charge in [0.15, 0.2) is 0 Å². The Morgan fingerprint density at radius 1 is 1.25 bits per heavy atom. The third kappa shape index (κ3) is 2.88. The highest BCUT2D eigenvalue weighted by atomic mass is 16.4. The Morgan fingerprint density at radius 2 is 1.95 bits per heavy atom. The van der Waals surface area contributed by atoms with Crippen molar-refractivity contribution < 1.29 is 9.90 Å². The topological polar surface area (TPSA) is 69.8 Å². The van der Waals surface area contributed by atoms with Crippen molar-refractivity contribution in [3.05, 3.63) is 23.8 Å². The van der Waals surface area contributed by atoms with Crippen molar-refractivity contribution >= 4 is 17.3 Å².